The van der Waals surface area contributed by atoms with Crippen molar-refractivity contribution in [3.63, 3.8) is 0 Å². The second-order valence-electron chi connectivity index (χ2n) is 3.33. The molecule has 0 radical (unpaired) electrons. The molecule has 1 aromatic rings. The van der Waals surface area contributed by atoms with E-state index >= 15 is 0 Å². The minimum atomic E-state index is 0.389. The lowest BCUT2D eigenvalue weighted by Gasteiger charge is -2.17. The minimum Gasteiger partial charge on any atom is -0.353 e. The van der Waals surface area contributed by atoms with E-state index in [1.54, 1.807) is 12.3 Å². The maximum Gasteiger partial charge on any atom is 0.223 e. The summed E-state index contributed by atoms with van der Waals surface area (Å²) < 4.78 is 0. The van der Waals surface area contributed by atoms with E-state index in [0.717, 1.165) is 26.2 Å². The number of anilines is 1. The third kappa shape index (κ3) is 3.83. The van der Waals surface area contributed by atoms with Crippen molar-refractivity contribution < 1.29 is 0 Å². The molecule has 0 aliphatic carbocycles. The van der Waals surface area contributed by atoms with Gasteiger partial charge in [-0.2, -0.15) is 5.26 Å². The summed E-state index contributed by atoms with van der Waals surface area (Å²) in [5.41, 5.74) is 0.389. The van der Waals surface area contributed by atoms with Crippen LogP contribution in [0, 0.1) is 11.3 Å². The van der Waals surface area contributed by atoms with Crippen LogP contribution >= 0.6 is 0 Å². The van der Waals surface area contributed by atoms with Crippen LogP contribution in [0.15, 0.2) is 12.3 Å². The molecule has 1 aromatic heterocycles. The van der Waals surface area contributed by atoms with Gasteiger partial charge < -0.3 is 10.2 Å². The molecule has 1 N–H and O–H groups in total. The van der Waals surface area contributed by atoms with Gasteiger partial charge >= 0.3 is 0 Å². The number of nitrogens with zero attached hydrogens (tertiary/aromatic N) is 4. The second kappa shape index (κ2) is 6.75. The van der Waals surface area contributed by atoms with E-state index in [0.29, 0.717) is 11.6 Å². The highest BCUT2D eigenvalue weighted by Gasteiger charge is 2.00. The predicted molar refractivity (Wildman–Crippen MR) is 63.0 cm³/mol. The first-order chi connectivity index (χ1) is 7.80. The molecule has 0 atom stereocenters. The van der Waals surface area contributed by atoms with E-state index in [1.807, 2.05) is 6.07 Å². The van der Waals surface area contributed by atoms with E-state index in [2.05, 4.69) is 34.0 Å². The molecule has 5 nitrogen and oxygen atoms in total. The summed E-state index contributed by atoms with van der Waals surface area (Å²) in [4.78, 5) is 10.4. The van der Waals surface area contributed by atoms with Gasteiger partial charge in [-0.1, -0.05) is 13.8 Å². The lowest BCUT2D eigenvalue weighted by Crippen LogP contribution is -2.28. The van der Waals surface area contributed by atoms with Gasteiger partial charge in [0.25, 0.3) is 0 Å². The van der Waals surface area contributed by atoms with Crippen molar-refractivity contribution in [2.45, 2.75) is 13.8 Å². The number of aromatic nitrogens is 2. The van der Waals surface area contributed by atoms with Gasteiger partial charge in [0.2, 0.25) is 5.95 Å². The molecule has 0 amide bonds. The van der Waals surface area contributed by atoms with E-state index in [4.69, 9.17) is 5.26 Å². The molecular formula is C11H17N5. The fourth-order valence-electron chi connectivity index (χ4n) is 1.37. The van der Waals surface area contributed by atoms with Crippen molar-refractivity contribution in [2.75, 3.05) is 31.5 Å². The molecule has 16 heavy (non-hydrogen) atoms. The summed E-state index contributed by atoms with van der Waals surface area (Å²) in [5.74, 6) is 0.520. The second-order valence-corrected chi connectivity index (χ2v) is 3.33. The standard InChI is InChI=1S/C11H17N5/c1-3-16(4-2)8-7-14-11-13-6-5-10(9-12)15-11/h5-6H,3-4,7-8H2,1-2H3,(H,13,14,15). The van der Waals surface area contributed by atoms with Crippen LogP contribution in [0.2, 0.25) is 0 Å². The van der Waals surface area contributed by atoms with Gasteiger partial charge in [-0.3, -0.25) is 0 Å². The highest BCUT2D eigenvalue weighted by Crippen LogP contribution is 1.98. The Bertz CT molecular complexity index is 354. The van der Waals surface area contributed by atoms with Gasteiger partial charge in [0.1, 0.15) is 11.8 Å². The monoisotopic (exact) mass is 219 g/mol. The number of rotatable bonds is 6. The van der Waals surface area contributed by atoms with E-state index < -0.39 is 0 Å². The molecular weight excluding hydrogens is 202 g/mol. The van der Waals surface area contributed by atoms with Crippen molar-refractivity contribution in [3.8, 4) is 6.07 Å². The van der Waals surface area contributed by atoms with Crippen LogP contribution < -0.4 is 5.32 Å². The molecule has 0 bridgehead atoms. The number of nitrogens with one attached hydrogen (secondary N) is 1. The van der Waals surface area contributed by atoms with Gasteiger partial charge in [-0.15, -0.1) is 0 Å². The zero-order valence-electron chi connectivity index (χ0n) is 9.77. The van der Waals surface area contributed by atoms with Crippen LogP contribution in [0.4, 0.5) is 5.95 Å². The Balaban J connectivity index is 2.40. The number of hydrogen-bond donors (Lipinski definition) is 1. The Hall–Kier alpha value is -1.67. The molecule has 0 saturated heterocycles. The average Bonchev–Trinajstić information content (AvgIpc) is 2.35. The van der Waals surface area contributed by atoms with Gasteiger partial charge in [0.15, 0.2) is 0 Å². The van der Waals surface area contributed by atoms with Crippen molar-refractivity contribution in [3.05, 3.63) is 18.0 Å². The van der Waals surface area contributed by atoms with Gasteiger partial charge in [0, 0.05) is 19.3 Å². The first-order valence-electron chi connectivity index (χ1n) is 5.49. The molecule has 0 aliphatic rings. The molecule has 0 aromatic carbocycles. The maximum atomic E-state index is 8.68. The quantitative estimate of drug-likeness (QED) is 0.776. The molecule has 0 spiro atoms. The molecule has 5 heteroatoms. The summed E-state index contributed by atoms with van der Waals surface area (Å²) in [6.45, 7) is 8.09. The fourth-order valence-corrected chi connectivity index (χ4v) is 1.37. The highest BCUT2D eigenvalue weighted by molar-refractivity contribution is 5.29. The van der Waals surface area contributed by atoms with Crippen molar-refractivity contribution in [2.24, 2.45) is 0 Å². The van der Waals surface area contributed by atoms with E-state index in [1.165, 1.54) is 0 Å². The van der Waals surface area contributed by atoms with Crippen molar-refractivity contribution in [1.82, 2.24) is 14.9 Å². The first-order valence-corrected chi connectivity index (χ1v) is 5.49. The van der Waals surface area contributed by atoms with Crippen LogP contribution in [-0.4, -0.2) is 41.0 Å². The molecule has 86 valence electrons. The summed E-state index contributed by atoms with van der Waals surface area (Å²) in [7, 11) is 0. The van der Waals surface area contributed by atoms with E-state index in [9.17, 15) is 0 Å². The maximum absolute atomic E-state index is 8.68. The Morgan fingerprint density at radius 1 is 1.44 bits per heavy atom. The zero-order chi connectivity index (χ0) is 11.8. The lowest BCUT2D eigenvalue weighted by atomic mass is 10.4. The minimum absolute atomic E-state index is 0.389. The fraction of sp³-hybridized carbons (Fsp3) is 0.545. The Morgan fingerprint density at radius 3 is 2.81 bits per heavy atom. The third-order valence-corrected chi connectivity index (χ3v) is 2.38. The molecule has 1 heterocycles. The summed E-state index contributed by atoms with van der Waals surface area (Å²) in [6.07, 6.45) is 1.59. The number of likely N-dealkylation sites (N-methyl/N-ethyl adjacent to an activating group) is 1. The molecule has 0 saturated carbocycles. The first kappa shape index (κ1) is 12.4. The smallest absolute Gasteiger partial charge is 0.223 e. The van der Waals surface area contributed by atoms with Gasteiger partial charge in [-0.25, -0.2) is 9.97 Å². The van der Waals surface area contributed by atoms with Gasteiger partial charge in [0.05, 0.1) is 0 Å². The molecule has 0 unspecified atom stereocenters. The lowest BCUT2D eigenvalue weighted by molar-refractivity contribution is 0.316. The van der Waals surface area contributed by atoms with Crippen LogP contribution in [0.5, 0.6) is 0 Å². The SMILES string of the molecule is CCN(CC)CCNc1nccc(C#N)n1. The van der Waals surface area contributed by atoms with Crippen LogP contribution in [0.3, 0.4) is 0 Å². The van der Waals surface area contributed by atoms with E-state index in [-0.39, 0.29) is 0 Å². The Labute approximate surface area is 96.1 Å². The van der Waals surface area contributed by atoms with Crippen molar-refractivity contribution in [1.29, 1.82) is 5.26 Å². The Kier molecular flexibility index (Phi) is 5.23. The van der Waals surface area contributed by atoms with Crippen LogP contribution in [-0.2, 0) is 0 Å². The number of nitriles is 1. The molecule has 1 rings (SSSR count). The van der Waals surface area contributed by atoms with Crippen LogP contribution in [0.25, 0.3) is 0 Å². The van der Waals surface area contributed by atoms with Gasteiger partial charge in [-0.05, 0) is 19.2 Å². The average molecular weight is 219 g/mol. The Morgan fingerprint density at radius 2 is 2.19 bits per heavy atom. The molecule has 0 fully saturated rings. The third-order valence-electron chi connectivity index (χ3n) is 2.38. The van der Waals surface area contributed by atoms with Crippen molar-refractivity contribution >= 4 is 5.95 Å². The summed E-state index contributed by atoms with van der Waals surface area (Å²) >= 11 is 0. The molecule has 0 aliphatic heterocycles. The van der Waals surface area contributed by atoms with Crippen LogP contribution in [0.1, 0.15) is 19.5 Å². The zero-order valence-corrected chi connectivity index (χ0v) is 9.77. The summed E-state index contributed by atoms with van der Waals surface area (Å²) in [6, 6.07) is 3.58. The topological polar surface area (TPSA) is 64.8 Å². The normalized spacial score (nSPS) is 10.1. The summed E-state index contributed by atoms with van der Waals surface area (Å²) in [5, 5.41) is 11.8. The highest BCUT2D eigenvalue weighted by atomic mass is 15.2. The largest absolute Gasteiger partial charge is 0.353 e. The number of hydrogen-bond acceptors (Lipinski definition) is 5. The predicted octanol–water partition coefficient (Wildman–Crippen LogP) is 1.10.